The van der Waals surface area contributed by atoms with Crippen molar-refractivity contribution in [3.63, 3.8) is 0 Å². The molecule has 4 rings (SSSR count). The first-order valence-corrected chi connectivity index (χ1v) is 8.64. The topological polar surface area (TPSA) is 56.6 Å². The predicted molar refractivity (Wildman–Crippen MR) is 92.4 cm³/mol. The molecule has 2 aliphatic rings. The molecule has 4 heteroatoms. The fourth-order valence-corrected chi connectivity index (χ4v) is 4.70. The molecule has 1 saturated heterocycles. The van der Waals surface area contributed by atoms with Gasteiger partial charge in [-0.05, 0) is 36.5 Å². The van der Waals surface area contributed by atoms with Gasteiger partial charge in [-0.25, -0.2) is 0 Å². The van der Waals surface area contributed by atoms with Crippen LogP contribution in [0.15, 0.2) is 48.5 Å². The van der Waals surface area contributed by atoms with Gasteiger partial charge in [0.15, 0.2) is 0 Å². The lowest BCUT2D eigenvalue weighted by Gasteiger charge is -2.16. The third kappa shape index (κ3) is 2.46. The van der Waals surface area contributed by atoms with Crippen LogP contribution >= 0.6 is 0 Å². The molecule has 2 heterocycles. The Morgan fingerprint density at radius 2 is 1.96 bits per heavy atom. The minimum absolute atomic E-state index is 0.132. The molecule has 4 atom stereocenters. The largest absolute Gasteiger partial charge is 0.396 e. The standard InChI is InChI=1S/C20H24N2O2/c1-14-6-5-9-16(21-14)10-22-11-18(24)20(13-22)17(12-23)19(20)15-7-3-2-4-8-15/h2-9,17-19,23-24H,10-13H2,1H3/t17-,18-,19-,20-/m1/s1. The monoisotopic (exact) mass is 324 g/mol. The lowest BCUT2D eigenvalue weighted by molar-refractivity contribution is 0.111. The van der Waals surface area contributed by atoms with Crippen LogP contribution in [0.1, 0.15) is 22.9 Å². The fraction of sp³-hybridized carbons (Fsp3) is 0.450. The number of β-amino-alcohol motifs (C(OH)–C–C–N with tert-alkyl or cyclic N) is 1. The van der Waals surface area contributed by atoms with Gasteiger partial charge in [-0.1, -0.05) is 36.4 Å². The average Bonchev–Trinajstić information content (AvgIpc) is 3.12. The van der Waals surface area contributed by atoms with Crippen LogP contribution in [0.5, 0.6) is 0 Å². The van der Waals surface area contributed by atoms with Gasteiger partial charge in [0.25, 0.3) is 0 Å². The van der Waals surface area contributed by atoms with Gasteiger partial charge in [0.05, 0.1) is 11.8 Å². The molecule has 2 fully saturated rings. The Kier molecular flexibility index (Phi) is 3.91. The lowest BCUT2D eigenvalue weighted by atomic mass is 9.95. The molecule has 1 spiro atoms. The second kappa shape index (κ2) is 5.96. The van der Waals surface area contributed by atoms with Crippen LogP contribution in [0.2, 0.25) is 0 Å². The first-order valence-electron chi connectivity index (χ1n) is 8.64. The first-order chi connectivity index (χ1) is 11.6. The molecule has 0 amide bonds. The first kappa shape index (κ1) is 15.8. The summed E-state index contributed by atoms with van der Waals surface area (Å²) >= 11 is 0. The quantitative estimate of drug-likeness (QED) is 0.903. The fourth-order valence-electron chi connectivity index (χ4n) is 4.70. The van der Waals surface area contributed by atoms with Gasteiger partial charge >= 0.3 is 0 Å². The van der Waals surface area contributed by atoms with Gasteiger partial charge in [-0.15, -0.1) is 0 Å². The molecule has 1 aliphatic heterocycles. The molecule has 0 unspecified atom stereocenters. The summed E-state index contributed by atoms with van der Waals surface area (Å²) in [5.74, 6) is 0.388. The van der Waals surface area contributed by atoms with E-state index in [2.05, 4.69) is 22.0 Å². The van der Waals surface area contributed by atoms with Gasteiger partial charge in [-0.2, -0.15) is 0 Å². The van der Waals surface area contributed by atoms with E-state index in [4.69, 9.17) is 0 Å². The van der Waals surface area contributed by atoms with Crippen LogP contribution in [0, 0.1) is 18.3 Å². The SMILES string of the molecule is Cc1cccc(CN2C[C@@H](O)[C@@]3(C2)[C@H](CO)[C@H]3c2ccccc2)n1. The van der Waals surface area contributed by atoms with Crippen molar-refractivity contribution in [2.75, 3.05) is 19.7 Å². The average molecular weight is 324 g/mol. The van der Waals surface area contributed by atoms with Crippen molar-refractivity contribution in [1.82, 2.24) is 9.88 Å². The maximum Gasteiger partial charge on any atom is 0.0745 e. The molecular weight excluding hydrogens is 300 g/mol. The van der Waals surface area contributed by atoms with Gasteiger partial charge in [0, 0.05) is 37.4 Å². The predicted octanol–water partition coefficient (Wildman–Crippen LogP) is 1.96. The van der Waals surface area contributed by atoms with Crippen molar-refractivity contribution in [2.24, 2.45) is 11.3 Å². The minimum atomic E-state index is -0.398. The molecule has 1 aliphatic carbocycles. The van der Waals surface area contributed by atoms with E-state index in [1.54, 1.807) is 0 Å². The molecule has 0 bridgehead atoms. The van der Waals surface area contributed by atoms with Crippen molar-refractivity contribution in [3.05, 3.63) is 65.5 Å². The number of likely N-dealkylation sites (tertiary alicyclic amines) is 1. The van der Waals surface area contributed by atoms with Crippen LogP contribution in [0.3, 0.4) is 0 Å². The van der Waals surface area contributed by atoms with Crippen LogP contribution in [-0.2, 0) is 6.54 Å². The van der Waals surface area contributed by atoms with E-state index in [1.807, 2.05) is 43.3 Å². The third-order valence-electron chi connectivity index (χ3n) is 5.80. The van der Waals surface area contributed by atoms with Crippen molar-refractivity contribution in [2.45, 2.75) is 25.5 Å². The number of aliphatic hydroxyl groups excluding tert-OH is 2. The van der Waals surface area contributed by atoms with Crippen LogP contribution in [-0.4, -0.2) is 45.9 Å². The maximum atomic E-state index is 10.8. The Balaban J connectivity index is 1.54. The molecule has 1 aromatic heterocycles. The molecule has 24 heavy (non-hydrogen) atoms. The second-order valence-electron chi connectivity index (χ2n) is 7.25. The second-order valence-corrected chi connectivity index (χ2v) is 7.25. The molecule has 1 saturated carbocycles. The molecule has 0 radical (unpaired) electrons. The van der Waals surface area contributed by atoms with E-state index in [0.29, 0.717) is 6.54 Å². The van der Waals surface area contributed by atoms with Crippen LogP contribution in [0.4, 0.5) is 0 Å². The number of aliphatic hydroxyl groups is 2. The summed E-state index contributed by atoms with van der Waals surface area (Å²) in [5.41, 5.74) is 3.08. The van der Waals surface area contributed by atoms with Gasteiger partial charge in [0.1, 0.15) is 0 Å². The van der Waals surface area contributed by atoms with E-state index >= 15 is 0 Å². The van der Waals surface area contributed by atoms with Crippen molar-refractivity contribution in [3.8, 4) is 0 Å². The van der Waals surface area contributed by atoms with Crippen LogP contribution < -0.4 is 0 Å². The molecular formula is C20H24N2O2. The minimum Gasteiger partial charge on any atom is -0.396 e. The summed E-state index contributed by atoms with van der Waals surface area (Å²) in [4.78, 5) is 6.85. The normalized spacial score (nSPS) is 32.4. The Labute approximate surface area is 142 Å². The number of rotatable bonds is 4. The smallest absolute Gasteiger partial charge is 0.0745 e. The zero-order valence-electron chi connectivity index (χ0n) is 14.0. The number of aromatic nitrogens is 1. The Morgan fingerprint density at radius 3 is 2.67 bits per heavy atom. The van der Waals surface area contributed by atoms with E-state index in [-0.39, 0.29) is 23.9 Å². The van der Waals surface area contributed by atoms with E-state index in [1.165, 1.54) is 5.56 Å². The summed E-state index contributed by atoms with van der Waals surface area (Å²) in [6, 6.07) is 16.4. The number of nitrogens with zero attached hydrogens (tertiary/aromatic N) is 2. The molecule has 1 aromatic carbocycles. The molecule has 4 nitrogen and oxygen atoms in total. The Bertz CT molecular complexity index is 721. The summed E-state index contributed by atoms with van der Waals surface area (Å²) < 4.78 is 0. The highest BCUT2D eigenvalue weighted by Crippen LogP contribution is 2.68. The zero-order valence-corrected chi connectivity index (χ0v) is 14.0. The summed E-state index contributed by atoms with van der Waals surface area (Å²) in [6.07, 6.45) is -0.398. The number of hydrogen-bond donors (Lipinski definition) is 2. The van der Waals surface area contributed by atoms with Gasteiger partial charge in [-0.3, -0.25) is 9.88 Å². The highest BCUT2D eigenvalue weighted by Gasteiger charge is 2.70. The Morgan fingerprint density at radius 1 is 1.17 bits per heavy atom. The number of aryl methyl sites for hydroxylation is 1. The number of benzene rings is 1. The van der Waals surface area contributed by atoms with Gasteiger partial charge < -0.3 is 10.2 Å². The van der Waals surface area contributed by atoms with E-state index in [9.17, 15) is 10.2 Å². The zero-order chi connectivity index (χ0) is 16.7. The highest BCUT2D eigenvalue weighted by molar-refractivity contribution is 5.36. The van der Waals surface area contributed by atoms with Crippen molar-refractivity contribution >= 4 is 0 Å². The number of hydrogen-bond acceptors (Lipinski definition) is 4. The summed E-state index contributed by atoms with van der Waals surface area (Å²) in [6.45, 7) is 4.34. The lowest BCUT2D eigenvalue weighted by Crippen LogP contribution is -2.23. The summed E-state index contributed by atoms with van der Waals surface area (Å²) in [7, 11) is 0. The van der Waals surface area contributed by atoms with Gasteiger partial charge in [0.2, 0.25) is 0 Å². The van der Waals surface area contributed by atoms with Crippen molar-refractivity contribution in [1.29, 1.82) is 0 Å². The molecule has 2 N–H and O–H groups in total. The Hall–Kier alpha value is -1.75. The maximum absolute atomic E-state index is 10.8. The van der Waals surface area contributed by atoms with Crippen LogP contribution in [0.25, 0.3) is 0 Å². The van der Waals surface area contributed by atoms with Crippen molar-refractivity contribution < 1.29 is 10.2 Å². The van der Waals surface area contributed by atoms with E-state index < -0.39 is 6.10 Å². The molecule has 2 aromatic rings. The highest BCUT2D eigenvalue weighted by atomic mass is 16.3. The molecule has 126 valence electrons. The van der Waals surface area contributed by atoms with E-state index in [0.717, 1.165) is 24.5 Å². The third-order valence-corrected chi connectivity index (χ3v) is 5.80. The number of pyridine rings is 1. The summed E-state index contributed by atoms with van der Waals surface area (Å²) in [5, 5.41) is 20.6.